The maximum absolute atomic E-state index is 13.6. The summed E-state index contributed by atoms with van der Waals surface area (Å²) in [5, 5.41) is 0. The van der Waals surface area contributed by atoms with Crippen molar-refractivity contribution in [2.24, 2.45) is 5.92 Å². The number of aromatic nitrogens is 3. The van der Waals surface area contributed by atoms with Gasteiger partial charge >= 0.3 is 6.18 Å². The maximum atomic E-state index is 13.6. The summed E-state index contributed by atoms with van der Waals surface area (Å²) < 4.78 is 69.9. The normalized spacial score (nSPS) is 18.9. The van der Waals surface area contributed by atoms with E-state index in [1.165, 1.54) is 11.8 Å². The number of nitrogens with zero attached hydrogens (tertiary/aromatic N) is 4. The van der Waals surface area contributed by atoms with Gasteiger partial charge in [0.25, 0.3) is 11.8 Å². The Morgan fingerprint density at radius 1 is 1.02 bits per heavy atom. The molecule has 3 heterocycles. The number of fused-ring (bicyclic) bond motifs is 2. The molecule has 1 fully saturated rings. The second-order valence-electron chi connectivity index (χ2n) is 15.1. The Morgan fingerprint density at radius 2 is 1.63 bits per heavy atom. The minimum absolute atomic E-state index is 0.0175. The van der Waals surface area contributed by atoms with Crippen LogP contribution in [0.1, 0.15) is 91.8 Å². The van der Waals surface area contributed by atoms with Gasteiger partial charge in [-0.3, -0.25) is 14.5 Å². The molecule has 3 aromatic rings. The van der Waals surface area contributed by atoms with Gasteiger partial charge in [-0.1, -0.05) is 31.8 Å². The quantitative estimate of drug-likeness (QED) is 0.0823. The SMILES string of the molecule is C[C@@H](O[C@H](C)C(F)(F)F)[C@H](N[S+]([O-])C(C)(C)C)c1nc2nc([C@@H](C3CC3)N3C(=O)c4ccccc4C3=O)ccc2n1COCC[Si](C)(C)C. The molecule has 15 heteroatoms. The summed E-state index contributed by atoms with van der Waals surface area (Å²) in [5.74, 6) is -0.476. The van der Waals surface area contributed by atoms with Gasteiger partial charge < -0.3 is 18.6 Å². The van der Waals surface area contributed by atoms with Gasteiger partial charge in [0.15, 0.2) is 11.8 Å². The van der Waals surface area contributed by atoms with Crippen LogP contribution in [-0.4, -0.2) is 73.6 Å². The lowest BCUT2D eigenvalue weighted by Gasteiger charge is -2.32. The number of hydrogen-bond acceptors (Lipinski definition) is 8. The van der Waals surface area contributed by atoms with Gasteiger partial charge in [-0.05, 0) is 83.7 Å². The molecule has 1 saturated carbocycles. The average Bonchev–Trinajstić information content (AvgIpc) is 3.73. The highest BCUT2D eigenvalue weighted by Crippen LogP contribution is 2.47. The fourth-order valence-electron chi connectivity index (χ4n) is 5.70. The van der Waals surface area contributed by atoms with Crippen molar-refractivity contribution in [2.45, 2.75) is 115 Å². The predicted octanol–water partition coefficient (Wildman–Crippen LogP) is 6.94. The van der Waals surface area contributed by atoms with Crippen molar-refractivity contribution in [1.29, 1.82) is 0 Å². The van der Waals surface area contributed by atoms with E-state index in [0.29, 0.717) is 28.9 Å². The highest BCUT2D eigenvalue weighted by Gasteiger charge is 2.47. The van der Waals surface area contributed by atoms with Crippen LogP contribution in [0.3, 0.4) is 0 Å². The number of ether oxygens (including phenoxy) is 2. The molecule has 49 heavy (non-hydrogen) atoms. The molecule has 2 aromatic heterocycles. The molecule has 1 aromatic carbocycles. The molecule has 268 valence electrons. The number of carbonyl (C=O) groups excluding carboxylic acids is 2. The van der Waals surface area contributed by atoms with E-state index in [4.69, 9.17) is 19.4 Å². The van der Waals surface area contributed by atoms with Gasteiger partial charge in [-0.25, -0.2) is 9.97 Å². The summed E-state index contributed by atoms with van der Waals surface area (Å²) in [6, 6.07) is 9.50. The number of rotatable bonds is 14. The number of pyridine rings is 1. The molecule has 2 aliphatic rings. The third-order valence-electron chi connectivity index (χ3n) is 8.77. The zero-order valence-electron chi connectivity index (χ0n) is 29.3. The number of hydrogen-bond donors (Lipinski definition) is 1. The predicted molar refractivity (Wildman–Crippen MR) is 184 cm³/mol. The number of imide groups is 1. The molecule has 2 amide bonds. The van der Waals surface area contributed by atoms with E-state index in [1.807, 2.05) is 0 Å². The van der Waals surface area contributed by atoms with Gasteiger partial charge in [0.1, 0.15) is 23.3 Å². The van der Waals surface area contributed by atoms with Crippen LogP contribution in [0.2, 0.25) is 25.7 Å². The Hall–Kier alpha value is -2.82. The maximum Gasteiger partial charge on any atom is 0.414 e. The molecular weight excluding hydrogens is 676 g/mol. The lowest BCUT2D eigenvalue weighted by atomic mass is 10.1. The van der Waals surface area contributed by atoms with Crippen molar-refractivity contribution in [3.8, 4) is 0 Å². The molecule has 5 atom stereocenters. The molecule has 1 unspecified atom stereocenters. The molecule has 0 spiro atoms. The molecule has 1 aliphatic heterocycles. The highest BCUT2D eigenvalue weighted by atomic mass is 32.2. The lowest BCUT2D eigenvalue weighted by molar-refractivity contribution is -0.227. The molecule has 0 saturated heterocycles. The first-order valence-electron chi connectivity index (χ1n) is 16.6. The standard InChI is InChI=1S/C34H46F3N5O5SSi/c1-20(47-21(2)34(35,36)37)27(40-48(45)33(3,4)5)30-39-29-26(41(30)19-46-17-18-49(6,7)8)16-15-25(38-29)28(22-13-14-22)42-31(43)23-11-9-10-12-24(23)32(42)44/h9-12,15-16,20-22,27-28,40H,13-14,17-19H2,1-8H3/t20-,21-,27+,28-,48?/m1/s1. The van der Waals surface area contributed by atoms with Crippen LogP contribution in [0.4, 0.5) is 13.2 Å². The number of benzene rings is 1. The van der Waals surface area contributed by atoms with Crippen molar-refractivity contribution in [2.75, 3.05) is 6.61 Å². The van der Waals surface area contributed by atoms with Crippen LogP contribution in [0.5, 0.6) is 0 Å². The molecular formula is C34H46F3N5O5SSi. The topological polar surface area (TPSA) is 122 Å². The van der Waals surface area contributed by atoms with Crippen molar-refractivity contribution in [3.05, 3.63) is 59.0 Å². The zero-order chi connectivity index (χ0) is 36.1. The number of carbonyl (C=O) groups is 2. The fraction of sp³-hybridized carbons (Fsp3) is 0.588. The third kappa shape index (κ3) is 8.39. The second kappa shape index (κ2) is 14.1. The average molecular weight is 722 g/mol. The Bertz CT molecular complexity index is 1650. The van der Waals surface area contributed by atoms with Crippen LogP contribution in [0.25, 0.3) is 11.2 Å². The first-order valence-corrected chi connectivity index (χ1v) is 21.5. The zero-order valence-corrected chi connectivity index (χ0v) is 31.1. The number of amides is 2. The number of nitrogens with one attached hydrogen (secondary N) is 1. The molecule has 10 nitrogen and oxygen atoms in total. The van der Waals surface area contributed by atoms with E-state index < -0.39 is 54.7 Å². The van der Waals surface area contributed by atoms with Crippen molar-refractivity contribution in [3.63, 3.8) is 0 Å². The van der Waals surface area contributed by atoms with Crippen molar-refractivity contribution in [1.82, 2.24) is 24.2 Å². The molecule has 0 radical (unpaired) electrons. The van der Waals surface area contributed by atoms with Crippen LogP contribution in [0.15, 0.2) is 36.4 Å². The molecule has 0 bridgehead atoms. The van der Waals surface area contributed by atoms with Gasteiger partial charge in [0.05, 0.1) is 34.5 Å². The van der Waals surface area contributed by atoms with Gasteiger partial charge in [-0.2, -0.15) is 13.2 Å². The Labute approximate surface area is 289 Å². The molecule has 1 aliphatic carbocycles. The highest BCUT2D eigenvalue weighted by molar-refractivity contribution is 7.90. The van der Waals surface area contributed by atoms with Crippen LogP contribution >= 0.6 is 0 Å². The summed E-state index contributed by atoms with van der Waals surface area (Å²) in [6.07, 6.45) is -6.19. The summed E-state index contributed by atoms with van der Waals surface area (Å²) in [6.45, 7) is 14.9. The van der Waals surface area contributed by atoms with E-state index in [9.17, 15) is 27.3 Å². The Morgan fingerprint density at radius 3 is 2.16 bits per heavy atom. The van der Waals surface area contributed by atoms with E-state index in [0.717, 1.165) is 25.8 Å². The summed E-state index contributed by atoms with van der Waals surface area (Å²) in [4.78, 5) is 38.0. The van der Waals surface area contributed by atoms with Gasteiger partial charge in [0, 0.05) is 26.0 Å². The molecule has 1 N–H and O–H groups in total. The number of alkyl halides is 3. The lowest BCUT2D eigenvalue weighted by Crippen LogP contribution is -2.47. The van der Waals surface area contributed by atoms with E-state index in [1.54, 1.807) is 61.7 Å². The van der Waals surface area contributed by atoms with Gasteiger partial charge in [-0.15, -0.1) is 4.72 Å². The molecule has 5 rings (SSSR count). The Kier molecular flexibility index (Phi) is 10.7. The van der Waals surface area contributed by atoms with Crippen LogP contribution < -0.4 is 4.72 Å². The van der Waals surface area contributed by atoms with E-state index in [2.05, 4.69) is 24.4 Å². The van der Waals surface area contributed by atoms with E-state index in [-0.39, 0.29) is 35.9 Å². The minimum atomic E-state index is -4.61. The van der Waals surface area contributed by atoms with Crippen LogP contribution in [-0.2, 0) is 27.6 Å². The van der Waals surface area contributed by atoms with Crippen LogP contribution in [0, 0.1) is 5.92 Å². The summed E-state index contributed by atoms with van der Waals surface area (Å²) in [5.41, 5.74) is 1.98. The number of halogens is 3. The minimum Gasteiger partial charge on any atom is -0.598 e. The smallest absolute Gasteiger partial charge is 0.414 e. The summed E-state index contributed by atoms with van der Waals surface area (Å²) in [7, 11) is -1.44. The van der Waals surface area contributed by atoms with Crippen molar-refractivity contribution < 1.29 is 36.8 Å². The number of imidazole rings is 1. The monoisotopic (exact) mass is 721 g/mol. The first-order chi connectivity index (χ1) is 22.8. The first kappa shape index (κ1) is 37.4. The largest absolute Gasteiger partial charge is 0.598 e. The second-order valence-corrected chi connectivity index (χ2v) is 22.8. The van der Waals surface area contributed by atoms with Crippen molar-refractivity contribution >= 4 is 42.4 Å². The Balaban J connectivity index is 1.58. The van der Waals surface area contributed by atoms with Gasteiger partial charge in [0.2, 0.25) is 0 Å². The van der Waals surface area contributed by atoms with E-state index >= 15 is 0 Å². The fourth-order valence-corrected chi connectivity index (χ4v) is 7.34. The summed E-state index contributed by atoms with van der Waals surface area (Å²) >= 11 is -1.71. The third-order valence-corrected chi connectivity index (χ3v) is 12.1.